The predicted molar refractivity (Wildman–Crippen MR) is 118 cm³/mol. The number of hydrogen-bond acceptors (Lipinski definition) is 6. The molecule has 1 aromatic heterocycles. The number of furan rings is 1. The molecule has 0 saturated heterocycles. The maximum Gasteiger partial charge on any atom is 0.214 e. The molecule has 160 valence electrons. The topological polar surface area (TPSA) is 56.4 Å². The van der Waals surface area contributed by atoms with Crippen LogP contribution in [0.5, 0.6) is 17.2 Å². The number of fused-ring (bicyclic) bond motifs is 3. The summed E-state index contributed by atoms with van der Waals surface area (Å²) in [7, 11) is 0. The SMILES string of the molecule is CCOc1ccc([C@@H]2Oc3c(OCC)cccc3[C@H]3CC(c4ccc(C)o4)=NN32)cc1. The minimum absolute atomic E-state index is 0.0427. The highest BCUT2D eigenvalue weighted by Gasteiger charge is 2.42. The highest BCUT2D eigenvalue weighted by molar-refractivity contribution is 5.99. The summed E-state index contributed by atoms with van der Waals surface area (Å²) in [5, 5.41) is 6.99. The fraction of sp³-hybridized carbons (Fsp3) is 0.320. The third-order valence-electron chi connectivity index (χ3n) is 5.58. The largest absolute Gasteiger partial charge is 0.494 e. The molecule has 3 heterocycles. The van der Waals surface area contributed by atoms with E-state index in [9.17, 15) is 0 Å². The number of ether oxygens (including phenoxy) is 3. The third-order valence-corrected chi connectivity index (χ3v) is 5.58. The average Bonchev–Trinajstić information content (AvgIpc) is 3.41. The molecule has 2 aliphatic rings. The fourth-order valence-corrected chi connectivity index (χ4v) is 4.21. The first kappa shape index (κ1) is 19.5. The average molecular weight is 418 g/mol. The van der Waals surface area contributed by atoms with E-state index < -0.39 is 0 Å². The van der Waals surface area contributed by atoms with E-state index in [-0.39, 0.29) is 12.3 Å². The highest BCUT2D eigenvalue weighted by atomic mass is 16.5. The van der Waals surface area contributed by atoms with Gasteiger partial charge in [0.2, 0.25) is 6.23 Å². The lowest BCUT2D eigenvalue weighted by Crippen LogP contribution is -2.33. The molecule has 2 atom stereocenters. The van der Waals surface area contributed by atoms with Crippen molar-refractivity contribution < 1.29 is 18.6 Å². The second-order valence-corrected chi connectivity index (χ2v) is 7.64. The van der Waals surface area contributed by atoms with Crippen molar-refractivity contribution in [1.82, 2.24) is 5.01 Å². The van der Waals surface area contributed by atoms with Crippen molar-refractivity contribution in [1.29, 1.82) is 0 Å². The van der Waals surface area contributed by atoms with E-state index in [1.54, 1.807) is 0 Å². The first-order chi connectivity index (χ1) is 15.2. The molecule has 6 heteroatoms. The number of rotatable bonds is 6. The lowest BCUT2D eigenvalue weighted by molar-refractivity contribution is -0.0212. The van der Waals surface area contributed by atoms with E-state index in [2.05, 4.69) is 6.07 Å². The minimum atomic E-state index is -0.372. The lowest BCUT2D eigenvalue weighted by Gasteiger charge is -2.38. The molecule has 0 aliphatic carbocycles. The summed E-state index contributed by atoms with van der Waals surface area (Å²) in [4.78, 5) is 0. The zero-order valence-electron chi connectivity index (χ0n) is 18.0. The Labute approximate surface area is 182 Å². The van der Waals surface area contributed by atoms with Gasteiger partial charge in [-0.3, -0.25) is 0 Å². The van der Waals surface area contributed by atoms with E-state index in [1.165, 1.54) is 0 Å². The molecular formula is C25H26N2O4. The molecule has 0 saturated carbocycles. The molecule has 3 aromatic rings. The first-order valence-electron chi connectivity index (χ1n) is 10.8. The van der Waals surface area contributed by atoms with Crippen LogP contribution in [0.3, 0.4) is 0 Å². The van der Waals surface area contributed by atoms with Gasteiger partial charge in [0.25, 0.3) is 0 Å². The van der Waals surface area contributed by atoms with Crippen LogP contribution in [0.25, 0.3) is 0 Å². The van der Waals surface area contributed by atoms with Gasteiger partial charge in [0, 0.05) is 17.5 Å². The van der Waals surface area contributed by atoms with Crippen molar-refractivity contribution >= 4 is 5.71 Å². The Balaban J connectivity index is 1.57. The van der Waals surface area contributed by atoms with Gasteiger partial charge >= 0.3 is 0 Å². The Kier molecular flexibility index (Phi) is 5.06. The van der Waals surface area contributed by atoms with Crippen molar-refractivity contribution in [2.45, 2.75) is 39.5 Å². The molecule has 5 rings (SSSR count). The smallest absolute Gasteiger partial charge is 0.214 e. The minimum Gasteiger partial charge on any atom is -0.494 e. The van der Waals surface area contributed by atoms with Crippen molar-refractivity contribution in [3.05, 3.63) is 77.2 Å². The molecule has 0 amide bonds. The van der Waals surface area contributed by atoms with E-state index in [0.717, 1.165) is 52.0 Å². The first-order valence-corrected chi connectivity index (χ1v) is 10.8. The van der Waals surface area contributed by atoms with Crippen LogP contribution in [-0.2, 0) is 0 Å². The van der Waals surface area contributed by atoms with Gasteiger partial charge in [-0.15, -0.1) is 0 Å². The van der Waals surface area contributed by atoms with Crippen molar-refractivity contribution in [2.75, 3.05) is 13.2 Å². The zero-order chi connectivity index (χ0) is 21.4. The summed E-state index contributed by atoms with van der Waals surface area (Å²) >= 11 is 0. The molecule has 0 unspecified atom stereocenters. The second-order valence-electron chi connectivity index (χ2n) is 7.64. The summed E-state index contributed by atoms with van der Waals surface area (Å²) in [6.07, 6.45) is 0.371. The van der Waals surface area contributed by atoms with E-state index in [0.29, 0.717) is 13.2 Å². The molecule has 0 bridgehead atoms. The monoisotopic (exact) mass is 418 g/mol. The van der Waals surface area contributed by atoms with Crippen LogP contribution < -0.4 is 14.2 Å². The van der Waals surface area contributed by atoms with Crippen molar-refractivity contribution in [3.63, 3.8) is 0 Å². The summed E-state index contributed by atoms with van der Waals surface area (Å²) in [6.45, 7) is 7.12. The number of nitrogens with zero attached hydrogens (tertiary/aromatic N) is 2. The molecule has 2 aliphatic heterocycles. The van der Waals surface area contributed by atoms with E-state index in [1.807, 2.05) is 74.3 Å². The number of hydrogen-bond donors (Lipinski definition) is 0. The lowest BCUT2D eigenvalue weighted by atomic mass is 9.97. The zero-order valence-corrected chi connectivity index (χ0v) is 18.0. The van der Waals surface area contributed by atoms with Gasteiger partial charge in [-0.25, -0.2) is 5.01 Å². The summed E-state index contributed by atoms with van der Waals surface area (Å²) in [6, 6.07) is 18.1. The van der Waals surface area contributed by atoms with Crippen LogP contribution in [-0.4, -0.2) is 23.9 Å². The van der Waals surface area contributed by atoms with Gasteiger partial charge in [0.15, 0.2) is 11.5 Å². The molecule has 31 heavy (non-hydrogen) atoms. The van der Waals surface area contributed by atoms with Crippen LogP contribution >= 0.6 is 0 Å². The summed E-state index contributed by atoms with van der Waals surface area (Å²) in [5.74, 6) is 4.07. The summed E-state index contributed by atoms with van der Waals surface area (Å²) < 4.78 is 23.9. The normalized spacial score (nSPS) is 19.3. The predicted octanol–water partition coefficient (Wildman–Crippen LogP) is 5.63. The van der Waals surface area contributed by atoms with Gasteiger partial charge in [-0.1, -0.05) is 12.1 Å². The Morgan fingerprint density at radius 1 is 1.00 bits per heavy atom. The highest BCUT2D eigenvalue weighted by Crippen LogP contribution is 2.50. The number of benzene rings is 2. The summed E-state index contributed by atoms with van der Waals surface area (Å²) in [5.41, 5.74) is 3.01. The molecule has 0 spiro atoms. The Morgan fingerprint density at radius 3 is 2.52 bits per heavy atom. The number of aryl methyl sites for hydroxylation is 1. The Hall–Kier alpha value is -3.41. The maximum absolute atomic E-state index is 6.53. The van der Waals surface area contributed by atoms with Gasteiger partial charge < -0.3 is 18.6 Å². The molecule has 0 radical (unpaired) electrons. The second kappa shape index (κ2) is 8.02. The number of hydrazone groups is 1. The van der Waals surface area contributed by atoms with Gasteiger partial charge in [0.05, 0.1) is 19.3 Å². The van der Waals surface area contributed by atoms with Gasteiger partial charge in [0.1, 0.15) is 23.0 Å². The third kappa shape index (κ3) is 3.52. The molecule has 0 N–H and O–H groups in total. The van der Waals surface area contributed by atoms with Crippen molar-refractivity contribution in [2.24, 2.45) is 5.10 Å². The molecule has 0 fully saturated rings. The van der Waals surface area contributed by atoms with Crippen LogP contribution in [0.1, 0.15) is 55.2 Å². The van der Waals surface area contributed by atoms with E-state index >= 15 is 0 Å². The van der Waals surface area contributed by atoms with Gasteiger partial charge in [-0.05, 0) is 63.2 Å². The molecular weight excluding hydrogens is 392 g/mol. The molecule has 6 nitrogen and oxygen atoms in total. The standard InChI is InChI=1S/C25H26N2O4/c1-4-28-18-12-10-17(11-13-18)25-27-21(15-20(26-27)22-14-9-16(3)30-22)19-7-6-8-23(29-5-2)24(19)31-25/h6-14,21,25H,4-5,15H2,1-3H3/t21-,25+/m1/s1. The van der Waals surface area contributed by atoms with Crippen LogP contribution in [0, 0.1) is 6.92 Å². The molecule has 2 aromatic carbocycles. The van der Waals surface area contributed by atoms with Crippen LogP contribution in [0.2, 0.25) is 0 Å². The quantitative estimate of drug-likeness (QED) is 0.519. The number of para-hydroxylation sites is 1. The van der Waals surface area contributed by atoms with Crippen LogP contribution in [0.4, 0.5) is 0 Å². The van der Waals surface area contributed by atoms with Crippen LogP contribution in [0.15, 0.2) is 64.1 Å². The fourth-order valence-electron chi connectivity index (χ4n) is 4.21. The van der Waals surface area contributed by atoms with Gasteiger partial charge in [-0.2, -0.15) is 5.10 Å². The Bertz CT molecular complexity index is 1100. The maximum atomic E-state index is 6.53. The Morgan fingerprint density at radius 2 is 1.81 bits per heavy atom. The van der Waals surface area contributed by atoms with Crippen molar-refractivity contribution in [3.8, 4) is 17.2 Å². The van der Waals surface area contributed by atoms with E-state index in [4.69, 9.17) is 23.7 Å².